The Bertz CT molecular complexity index is 690. The quantitative estimate of drug-likeness (QED) is 0.652. The molecule has 3 N–H and O–H groups in total. The fourth-order valence-electron chi connectivity index (χ4n) is 2.71. The second-order valence-corrected chi connectivity index (χ2v) is 6.17. The molecule has 110 valence electrons. The summed E-state index contributed by atoms with van der Waals surface area (Å²) in [6, 6.07) is 10.7. The predicted octanol–water partition coefficient (Wildman–Crippen LogP) is 3.48. The first-order chi connectivity index (χ1) is 10.3. The van der Waals surface area contributed by atoms with E-state index in [2.05, 4.69) is 52.3 Å². The molecule has 0 saturated carbocycles. The highest BCUT2D eigenvalue weighted by molar-refractivity contribution is 7.07. The summed E-state index contributed by atoms with van der Waals surface area (Å²) in [7, 11) is 0. The van der Waals surface area contributed by atoms with Crippen molar-refractivity contribution in [2.45, 2.75) is 25.4 Å². The summed E-state index contributed by atoms with van der Waals surface area (Å²) >= 11 is 1.70. The Balaban J connectivity index is 1.72. The Morgan fingerprint density at radius 3 is 2.90 bits per heavy atom. The minimum absolute atomic E-state index is 0.0547. The van der Waals surface area contributed by atoms with Gasteiger partial charge in [-0.05, 0) is 47.4 Å². The topological polar surface area (TPSA) is 48.0 Å². The van der Waals surface area contributed by atoms with E-state index in [1.54, 1.807) is 11.3 Å². The van der Waals surface area contributed by atoms with Gasteiger partial charge >= 0.3 is 0 Å². The van der Waals surface area contributed by atoms with Crippen molar-refractivity contribution in [2.24, 2.45) is 0 Å². The molecule has 0 saturated heterocycles. The Morgan fingerprint density at radius 1 is 1.29 bits per heavy atom. The molecular formula is C17H20N2OS. The molecule has 3 nitrogen and oxygen atoms in total. The smallest absolute Gasteiger partial charge is 0.0588 e. The van der Waals surface area contributed by atoms with Crippen LogP contribution in [-0.2, 0) is 6.42 Å². The molecule has 21 heavy (non-hydrogen) atoms. The van der Waals surface area contributed by atoms with Gasteiger partial charge in [0.1, 0.15) is 0 Å². The number of H-pyrrole nitrogens is 1. The number of para-hydroxylation sites is 1. The lowest BCUT2D eigenvalue weighted by Crippen LogP contribution is -2.36. The van der Waals surface area contributed by atoms with Gasteiger partial charge in [-0.15, -0.1) is 0 Å². The maximum Gasteiger partial charge on any atom is 0.0588 e. The largest absolute Gasteiger partial charge is 0.395 e. The van der Waals surface area contributed by atoms with Gasteiger partial charge < -0.3 is 15.4 Å². The van der Waals surface area contributed by atoms with Gasteiger partial charge in [0.25, 0.3) is 0 Å². The van der Waals surface area contributed by atoms with Crippen LogP contribution in [0.15, 0.2) is 47.3 Å². The van der Waals surface area contributed by atoms with E-state index < -0.39 is 0 Å². The average molecular weight is 300 g/mol. The first kappa shape index (κ1) is 14.3. The average Bonchev–Trinajstić information content (AvgIpc) is 3.16. The molecule has 4 heteroatoms. The van der Waals surface area contributed by atoms with E-state index in [9.17, 15) is 5.11 Å². The minimum atomic E-state index is 0.0547. The molecule has 3 aromatic rings. The Kier molecular flexibility index (Phi) is 4.39. The molecule has 1 aromatic carbocycles. The Hall–Kier alpha value is -1.62. The van der Waals surface area contributed by atoms with Crippen molar-refractivity contribution in [1.29, 1.82) is 0 Å². The Labute approximate surface area is 128 Å². The summed E-state index contributed by atoms with van der Waals surface area (Å²) in [5.74, 6) is 0. The van der Waals surface area contributed by atoms with E-state index in [-0.39, 0.29) is 18.7 Å². The number of nitrogens with one attached hydrogen (secondary N) is 2. The number of aromatic amines is 1. The highest BCUT2D eigenvalue weighted by Crippen LogP contribution is 2.21. The summed E-state index contributed by atoms with van der Waals surface area (Å²) in [6.07, 6.45) is 2.86. The zero-order valence-electron chi connectivity index (χ0n) is 12.0. The van der Waals surface area contributed by atoms with Gasteiger partial charge in [0.2, 0.25) is 0 Å². The van der Waals surface area contributed by atoms with E-state index in [4.69, 9.17) is 0 Å². The molecular weight excluding hydrogens is 280 g/mol. The van der Waals surface area contributed by atoms with Crippen molar-refractivity contribution >= 4 is 22.2 Å². The third-order valence-corrected chi connectivity index (χ3v) is 4.59. The van der Waals surface area contributed by atoms with Crippen LogP contribution in [0, 0.1) is 0 Å². The lowest BCUT2D eigenvalue weighted by molar-refractivity contribution is 0.233. The molecule has 0 spiro atoms. The number of fused-ring (bicyclic) bond motifs is 1. The minimum Gasteiger partial charge on any atom is -0.395 e. The van der Waals surface area contributed by atoms with Crippen LogP contribution in [0.2, 0.25) is 0 Å². The van der Waals surface area contributed by atoms with Crippen LogP contribution in [0.3, 0.4) is 0 Å². The van der Waals surface area contributed by atoms with Gasteiger partial charge in [0, 0.05) is 29.2 Å². The number of aromatic nitrogens is 1. The third-order valence-electron chi connectivity index (χ3n) is 3.89. The summed E-state index contributed by atoms with van der Waals surface area (Å²) in [6.45, 7) is 2.27. The predicted molar refractivity (Wildman–Crippen MR) is 88.7 cm³/mol. The number of hydrogen-bond acceptors (Lipinski definition) is 3. The van der Waals surface area contributed by atoms with Gasteiger partial charge in [0.05, 0.1) is 6.61 Å². The highest BCUT2D eigenvalue weighted by Gasteiger charge is 2.15. The molecule has 2 atom stereocenters. The molecule has 0 bridgehead atoms. The van der Waals surface area contributed by atoms with E-state index in [1.165, 1.54) is 16.5 Å². The van der Waals surface area contributed by atoms with Crippen molar-refractivity contribution in [3.63, 3.8) is 0 Å². The lowest BCUT2D eigenvalue weighted by Gasteiger charge is -2.21. The van der Waals surface area contributed by atoms with Gasteiger partial charge in [-0.2, -0.15) is 11.3 Å². The monoisotopic (exact) mass is 300 g/mol. The Morgan fingerprint density at radius 2 is 2.14 bits per heavy atom. The van der Waals surface area contributed by atoms with E-state index in [0.29, 0.717) is 0 Å². The van der Waals surface area contributed by atoms with Gasteiger partial charge in [-0.25, -0.2) is 0 Å². The maximum atomic E-state index is 9.67. The number of hydrogen-bond donors (Lipinski definition) is 3. The normalized spacial score (nSPS) is 14.4. The van der Waals surface area contributed by atoms with Crippen LogP contribution in [-0.4, -0.2) is 22.7 Å². The standard InChI is InChI=1S/C17H20N2OS/c1-12(13-6-7-21-11-13)19-15(10-20)8-14-9-18-17-5-3-2-4-16(14)17/h2-7,9,11-12,15,18-20H,8,10H2,1H3/t12-,15-/m1/s1. The number of aliphatic hydroxyl groups is 1. The third kappa shape index (κ3) is 3.18. The molecule has 2 heterocycles. The molecule has 3 rings (SSSR count). The van der Waals surface area contributed by atoms with Crippen molar-refractivity contribution in [2.75, 3.05) is 6.61 Å². The summed E-state index contributed by atoms with van der Waals surface area (Å²) < 4.78 is 0. The first-order valence-electron chi connectivity index (χ1n) is 7.22. The van der Waals surface area contributed by atoms with Crippen molar-refractivity contribution in [3.8, 4) is 0 Å². The molecule has 0 aliphatic carbocycles. The van der Waals surface area contributed by atoms with Crippen LogP contribution < -0.4 is 5.32 Å². The van der Waals surface area contributed by atoms with Gasteiger partial charge in [-0.1, -0.05) is 18.2 Å². The fourth-order valence-corrected chi connectivity index (χ4v) is 3.47. The summed E-state index contributed by atoms with van der Waals surface area (Å²) in [5, 5.41) is 18.7. The van der Waals surface area contributed by atoms with Crippen LogP contribution >= 0.6 is 11.3 Å². The summed E-state index contributed by atoms with van der Waals surface area (Å²) in [5.41, 5.74) is 3.67. The molecule has 0 aliphatic rings. The molecule has 2 aromatic heterocycles. The SMILES string of the molecule is C[C@@H](N[C@@H](CO)Cc1c[nH]c2ccccc12)c1ccsc1. The zero-order chi connectivity index (χ0) is 14.7. The molecule has 0 amide bonds. The van der Waals surface area contributed by atoms with Crippen molar-refractivity contribution in [1.82, 2.24) is 10.3 Å². The van der Waals surface area contributed by atoms with Crippen LogP contribution in [0.4, 0.5) is 0 Å². The van der Waals surface area contributed by atoms with Crippen molar-refractivity contribution in [3.05, 3.63) is 58.4 Å². The molecule has 0 unspecified atom stereocenters. The zero-order valence-corrected chi connectivity index (χ0v) is 12.9. The molecule has 0 fully saturated rings. The lowest BCUT2D eigenvalue weighted by atomic mass is 10.0. The first-order valence-corrected chi connectivity index (χ1v) is 8.16. The van der Waals surface area contributed by atoms with Crippen molar-refractivity contribution < 1.29 is 5.11 Å². The second-order valence-electron chi connectivity index (χ2n) is 5.39. The number of thiophene rings is 1. The van der Waals surface area contributed by atoms with Gasteiger partial charge in [-0.3, -0.25) is 0 Å². The van der Waals surface area contributed by atoms with E-state index >= 15 is 0 Å². The fraction of sp³-hybridized carbons (Fsp3) is 0.294. The van der Waals surface area contributed by atoms with E-state index in [1.807, 2.05) is 12.3 Å². The maximum absolute atomic E-state index is 9.67. The number of benzene rings is 1. The van der Waals surface area contributed by atoms with Crippen LogP contribution in [0.5, 0.6) is 0 Å². The van der Waals surface area contributed by atoms with Crippen LogP contribution in [0.1, 0.15) is 24.1 Å². The van der Waals surface area contributed by atoms with Crippen LogP contribution in [0.25, 0.3) is 10.9 Å². The summed E-state index contributed by atoms with van der Waals surface area (Å²) in [4.78, 5) is 3.29. The second kappa shape index (κ2) is 6.43. The molecule has 0 aliphatic heterocycles. The van der Waals surface area contributed by atoms with Gasteiger partial charge in [0.15, 0.2) is 0 Å². The number of rotatable bonds is 6. The van der Waals surface area contributed by atoms with E-state index in [0.717, 1.165) is 11.9 Å². The highest BCUT2D eigenvalue weighted by atomic mass is 32.1. The number of aliphatic hydroxyl groups excluding tert-OH is 1. The molecule has 0 radical (unpaired) electrons.